The maximum Gasteiger partial charge on any atom is 0.419 e. The molecule has 2 atom stereocenters. The van der Waals surface area contributed by atoms with Gasteiger partial charge in [0.2, 0.25) is 0 Å². The molecule has 6 heteroatoms. The molecule has 1 aliphatic heterocycles. The van der Waals surface area contributed by atoms with Crippen molar-refractivity contribution in [2.75, 3.05) is 13.2 Å². The van der Waals surface area contributed by atoms with Crippen LogP contribution in [0.1, 0.15) is 86.8 Å². The van der Waals surface area contributed by atoms with Gasteiger partial charge in [-0.2, -0.15) is 13.2 Å². The molecule has 2 unspecified atom stereocenters. The highest BCUT2D eigenvalue weighted by Gasteiger charge is 2.41. The third-order valence-electron chi connectivity index (χ3n) is 6.47. The fraction of sp³-hybridized carbons (Fsp3) is 0.667. The molecule has 30 heavy (non-hydrogen) atoms. The van der Waals surface area contributed by atoms with Crippen molar-refractivity contribution in [2.45, 2.75) is 88.5 Å². The first-order chi connectivity index (χ1) is 14.3. The van der Waals surface area contributed by atoms with Crippen LogP contribution in [0.2, 0.25) is 0 Å². The topological polar surface area (TPSA) is 18.5 Å². The second-order valence-corrected chi connectivity index (χ2v) is 8.51. The summed E-state index contributed by atoms with van der Waals surface area (Å²) in [4.78, 5) is 0. The van der Waals surface area contributed by atoms with Crippen LogP contribution in [0.3, 0.4) is 0 Å². The molecule has 0 bridgehead atoms. The quantitative estimate of drug-likeness (QED) is 0.261. The van der Waals surface area contributed by atoms with E-state index in [1.165, 1.54) is 6.07 Å². The van der Waals surface area contributed by atoms with Gasteiger partial charge >= 0.3 is 6.18 Å². The third-order valence-corrected chi connectivity index (χ3v) is 6.47. The van der Waals surface area contributed by atoms with Crippen LogP contribution < -0.4 is 0 Å². The first kappa shape index (κ1) is 23.3. The predicted molar refractivity (Wildman–Crippen MR) is 109 cm³/mol. The van der Waals surface area contributed by atoms with Crippen LogP contribution in [-0.4, -0.2) is 25.4 Å². The monoisotopic (exact) mass is 428 g/mol. The second kappa shape index (κ2) is 10.3. The van der Waals surface area contributed by atoms with E-state index >= 15 is 4.39 Å². The fourth-order valence-corrected chi connectivity index (χ4v) is 4.69. The van der Waals surface area contributed by atoms with Gasteiger partial charge in [-0.25, -0.2) is 4.39 Å². The lowest BCUT2D eigenvalue weighted by atomic mass is 9.79. The smallest absolute Gasteiger partial charge is 0.378 e. The maximum absolute atomic E-state index is 15.2. The van der Waals surface area contributed by atoms with Gasteiger partial charge < -0.3 is 9.47 Å². The number of halogens is 4. The first-order valence-electron chi connectivity index (χ1n) is 11.1. The second-order valence-electron chi connectivity index (χ2n) is 8.51. The van der Waals surface area contributed by atoms with Crippen molar-refractivity contribution in [3.05, 3.63) is 47.3 Å². The Morgan fingerprint density at radius 2 is 1.73 bits per heavy atom. The lowest BCUT2D eigenvalue weighted by Crippen LogP contribution is -2.26. The molecule has 3 rings (SSSR count). The Morgan fingerprint density at radius 1 is 1.07 bits per heavy atom. The fourth-order valence-electron chi connectivity index (χ4n) is 4.69. The molecule has 2 nitrogen and oxygen atoms in total. The minimum absolute atomic E-state index is 0.0939. The molecule has 0 N–H and O–H groups in total. The Balaban J connectivity index is 1.77. The van der Waals surface area contributed by atoms with Crippen molar-refractivity contribution in [2.24, 2.45) is 0 Å². The number of benzene rings is 1. The van der Waals surface area contributed by atoms with E-state index in [1.807, 2.05) is 0 Å². The van der Waals surface area contributed by atoms with Crippen LogP contribution in [0.4, 0.5) is 17.6 Å². The Hall–Kier alpha value is -1.40. The highest BCUT2D eigenvalue weighted by atomic mass is 19.4. The standard InChI is InChI=1S/C24H32F4O2/c1-3-5-14-29-19-10-6-16(7-11-19)20-12-13-21(23(25)22(20)24(26,27)28)17-8-9-18(4-2)30-15-17/h4,12-13,16-19H,2-3,5-11,14-15H2,1H3. The SMILES string of the molecule is C=CC1CCC(c2ccc(C3CCC(OCCCC)CC3)c(C(F)(F)F)c2F)CO1. The molecule has 2 aliphatic rings. The van der Waals surface area contributed by atoms with E-state index in [2.05, 4.69) is 13.5 Å². The van der Waals surface area contributed by atoms with E-state index in [9.17, 15) is 13.2 Å². The molecule has 0 aromatic heterocycles. The molecule has 1 aliphatic carbocycles. The van der Waals surface area contributed by atoms with Gasteiger partial charge in [-0.05, 0) is 62.0 Å². The molecule has 1 saturated heterocycles. The summed E-state index contributed by atoms with van der Waals surface area (Å²) in [5.41, 5.74) is -0.872. The van der Waals surface area contributed by atoms with Crippen LogP contribution in [0.25, 0.3) is 0 Å². The summed E-state index contributed by atoms with van der Waals surface area (Å²) in [7, 11) is 0. The van der Waals surface area contributed by atoms with Crippen molar-refractivity contribution in [3.63, 3.8) is 0 Å². The minimum Gasteiger partial charge on any atom is -0.378 e. The molecule has 1 saturated carbocycles. The Kier molecular flexibility index (Phi) is 7.97. The van der Waals surface area contributed by atoms with Gasteiger partial charge in [-0.3, -0.25) is 0 Å². The van der Waals surface area contributed by atoms with Gasteiger partial charge in [0.15, 0.2) is 0 Å². The molecule has 2 fully saturated rings. The van der Waals surface area contributed by atoms with Crippen LogP contribution >= 0.6 is 0 Å². The molecule has 0 amide bonds. The molecule has 1 aromatic rings. The molecular formula is C24H32F4O2. The van der Waals surface area contributed by atoms with Gasteiger partial charge in [0.05, 0.1) is 24.4 Å². The van der Waals surface area contributed by atoms with E-state index in [0.29, 0.717) is 45.1 Å². The van der Waals surface area contributed by atoms with Gasteiger partial charge in [0.25, 0.3) is 0 Å². The number of unbranched alkanes of at least 4 members (excludes halogenated alkanes) is 1. The highest BCUT2D eigenvalue weighted by molar-refractivity contribution is 5.40. The Labute approximate surface area is 176 Å². The van der Waals surface area contributed by atoms with Gasteiger partial charge in [-0.15, -0.1) is 6.58 Å². The van der Waals surface area contributed by atoms with Crippen LogP contribution in [-0.2, 0) is 15.7 Å². The van der Waals surface area contributed by atoms with Crippen LogP contribution in [0.5, 0.6) is 0 Å². The third kappa shape index (κ3) is 5.44. The molecule has 1 aromatic carbocycles. The Bertz CT molecular complexity index is 700. The maximum atomic E-state index is 15.2. The largest absolute Gasteiger partial charge is 0.419 e. The lowest BCUT2D eigenvalue weighted by Gasteiger charge is -2.32. The van der Waals surface area contributed by atoms with Gasteiger partial charge in [-0.1, -0.05) is 31.6 Å². The average Bonchev–Trinajstić information content (AvgIpc) is 2.73. The summed E-state index contributed by atoms with van der Waals surface area (Å²) < 4.78 is 68.3. The molecule has 168 valence electrons. The Morgan fingerprint density at radius 3 is 2.30 bits per heavy atom. The summed E-state index contributed by atoms with van der Waals surface area (Å²) in [6, 6.07) is 3.05. The van der Waals surface area contributed by atoms with Crippen LogP contribution in [0, 0.1) is 5.82 Å². The summed E-state index contributed by atoms with van der Waals surface area (Å²) in [5.74, 6) is -1.77. The van der Waals surface area contributed by atoms with E-state index in [-0.39, 0.29) is 41.8 Å². The van der Waals surface area contributed by atoms with E-state index in [4.69, 9.17) is 9.47 Å². The van der Waals surface area contributed by atoms with Gasteiger partial charge in [0.1, 0.15) is 5.82 Å². The van der Waals surface area contributed by atoms with Crippen molar-refractivity contribution in [1.29, 1.82) is 0 Å². The molecule has 0 spiro atoms. The molecule has 1 heterocycles. The lowest BCUT2D eigenvalue weighted by molar-refractivity contribution is -0.141. The van der Waals surface area contributed by atoms with Crippen LogP contribution in [0.15, 0.2) is 24.8 Å². The van der Waals surface area contributed by atoms with Crippen molar-refractivity contribution >= 4 is 0 Å². The highest BCUT2D eigenvalue weighted by Crippen LogP contribution is 2.44. The normalized spacial score (nSPS) is 27.8. The molecular weight excluding hydrogens is 396 g/mol. The van der Waals surface area contributed by atoms with E-state index in [0.717, 1.165) is 12.8 Å². The van der Waals surface area contributed by atoms with E-state index in [1.54, 1.807) is 12.1 Å². The number of ether oxygens (including phenoxy) is 2. The zero-order valence-corrected chi connectivity index (χ0v) is 17.6. The van der Waals surface area contributed by atoms with Gasteiger partial charge in [0, 0.05) is 12.5 Å². The minimum atomic E-state index is -4.72. The zero-order chi connectivity index (χ0) is 21.7. The van der Waals surface area contributed by atoms with E-state index < -0.39 is 17.6 Å². The first-order valence-corrected chi connectivity index (χ1v) is 11.1. The molecule has 0 radical (unpaired) electrons. The number of hydrogen-bond donors (Lipinski definition) is 0. The summed E-state index contributed by atoms with van der Waals surface area (Å²) in [6.07, 6.45) is 2.83. The number of hydrogen-bond acceptors (Lipinski definition) is 2. The van der Waals surface area contributed by atoms with Crippen molar-refractivity contribution in [1.82, 2.24) is 0 Å². The predicted octanol–water partition coefficient (Wildman–Crippen LogP) is 7.14. The summed E-state index contributed by atoms with van der Waals surface area (Å²) in [5, 5.41) is 0. The number of alkyl halides is 3. The zero-order valence-electron chi connectivity index (χ0n) is 17.6. The summed E-state index contributed by atoms with van der Waals surface area (Å²) >= 11 is 0. The average molecular weight is 429 g/mol. The summed E-state index contributed by atoms with van der Waals surface area (Å²) in [6.45, 7) is 6.68. The van der Waals surface area contributed by atoms with Crippen molar-refractivity contribution < 1.29 is 27.0 Å². The van der Waals surface area contributed by atoms with Crippen molar-refractivity contribution in [3.8, 4) is 0 Å². The number of rotatable bonds is 7.